The third kappa shape index (κ3) is 1.55. The first-order valence-electron chi connectivity index (χ1n) is 5.09. The van der Waals surface area contributed by atoms with Crippen LogP contribution >= 0.6 is 0 Å². The molecule has 1 N–H and O–H groups in total. The lowest BCUT2D eigenvalue weighted by molar-refractivity contribution is 0.0371. The van der Waals surface area contributed by atoms with Crippen molar-refractivity contribution in [3.8, 4) is 0 Å². The van der Waals surface area contributed by atoms with E-state index >= 15 is 0 Å². The van der Waals surface area contributed by atoms with E-state index in [4.69, 9.17) is 0 Å². The van der Waals surface area contributed by atoms with E-state index in [9.17, 15) is 9.50 Å². The minimum absolute atomic E-state index is 0.288. The fourth-order valence-corrected chi connectivity index (χ4v) is 2.35. The van der Waals surface area contributed by atoms with Crippen LogP contribution in [0, 0.1) is 11.7 Å². The van der Waals surface area contributed by atoms with Crippen LogP contribution < -0.4 is 0 Å². The monoisotopic (exact) mass is 194 g/mol. The quantitative estimate of drug-likeness (QED) is 0.728. The zero-order valence-electron chi connectivity index (χ0n) is 8.33. The highest BCUT2D eigenvalue weighted by atomic mass is 19.1. The summed E-state index contributed by atoms with van der Waals surface area (Å²) in [6.45, 7) is 2.10. The molecule has 0 saturated heterocycles. The molecule has 2 heteroatoms. The van der Waals surface area contributed by atoms with E-state index < -0.39 is 5.60 Å². The lowest BCUT2D eigenvalue weighted by atomic mass is 9.91. The van der Waals surface area contributed by atoms with Crippen LogP contribution in [0.5, 0.6) is 0 Å². The van der Waals surface area contributed by atoms with Crippen LogP contribution in [0.1, 0.15) is 31.7 Å². The first kappa shape index (κ1) is 9.66. The van der Waals surface area contributed by atoms with Gasteiger partial charge in [0.2, 0.25) is 0 Å². The maximum Gasteiger partial charge on any atom is 0.129 e. The number of benzene rings is 1. The highest BCUT2D eigenvalue weighted by molar-refractivity contribution is 5.25. The van der Waals surface area contributed by atoms with Gasteiger partial charge in [0, 0.05) is 5.56 Å². The van der Waals surface area contributed by atoms with Crippen molar-refractivity contribution in [2.75, 3.05) is 0 Å². The summed E-state index contributed by atoms with van der Waals surface area (Å²) in [5.41, 5.74) is -0.463. The lowest BCUT2D eigenvalue weighted by Crippen LogP contribution is -2.23. The number of aliphatic hydroxyl groups is 1. The van der Waals surface area contributed by atoms with Crippen LogP contribution in [0.4, 0.5) is 4.39 Å². The molecule has 1 aliphatic rings. The Kier molecular flexibility index (Phi) is 2.31. The van der Waals surface area contributed by atoms with Gasteiger partial charge in [-0.2, -0.15) is 0 Å². The molecule has 1 nitrogen and oxygen atoms in total. The second kappa shape index (κ2) is 3.35. The van der Waals surface area contributed by atoms with Crippen molar-refractivity contribution in [1.82, 2.24) is 0 Å². The smallest absolute Gasteiger partial charge is 0.129 e. The molecule has 0 unspecified atom stereocenters. The van der Waals surface area contributed by atoms with Gasteiger partial charge < -0.3 is 5.11 Å². The summed E-state index contributed by atoms with van der Waals surface area (Å²) < 4.78 is 13.5. The lowest BCUT2D eigenvalue weighted by Gasteiger charge is -2.23. The van der Waals surface area contributed by atoms with Crippen LogP contribution in [0.25, 0.3) is 0 Å². The predicted molar refractivity (Wildman–Crippen MR) is 53.3 cm³/mol. The van der Waals surface area contributed by atoms with Crippen molar-refractivity contribution in [2.24, 2.45) is 5.92 Å². The Labute approximate surface area is 83.6 Å². The molecule has 0 radical (unpaired) electrons. The Morgan fingerprint density at radius 2 is 2.14 bits per heavy atom. The van der Waals surface area contributed by atoms with Gasteiger partial charge in [0.05, 0.1) is 5.60 Å². The van der Waals surface area contributed by atoms with Crippen LogP contribution in [0.3, 0.4) is 0 Å². The maximum atomic E-state index is 13.5. The minimum atomic E-state index is -0.926. The maximum absolute atomic E-state index is 13.5. The molecule has 0 aliphatic heterocycles. The van der Waals surface area contributed by atoms with E-state index in [1.807, 2.05) is 0 Å². The van der Waals surface area contributed by atoms with E-state index in [1.54, 1.807) is 18.2 Å². The van der Waals surface area contributed by atoms with Crippen molar-refractivity contribution in [3.05, 3.63) is 35.6 Å². The molecular formula is C12H15FO. The average molecular weight is 194 g/mol. The number of hydrogen-bond donors (Lipinski definition) is 1. The standard InChI is InChI=1S/C12H15FO/c1-9-6-7-12(14,8-9)10-4-2-3-5-11(10)13/h2-5,9,14H,6-8H2,1H3/t9-,12+/m0/s1. The van der Waals surface area contributed by atoms with E-state index in [0.29, 0.717) is 24.3 Å². The summed E-state index contributed by atoms with van der Waals surface area (Å²) in [6.07, 6.45) is 2.33. The Morgan fingerprint density at radius 3 is 2.71 bits per heavy atom. The molecule has 1 aliphatic carbocycles. The molecule has 2 rings (SSSR count). The fraction of sp³-hybridized carbons (Fsp3) is 0.500. The first-order chi connectivity index (χ1) is 6.62. The highest BCUT2D eigenvalue weighted by Gasteiger charge is 2.38. The van der Waals surface area contributed by atoms with Gasteiger partial charge >= 0.3 is 0 Å². The summed E-state index contributed by atoms with van der Waals surface area (Å²) in [5, 5.41) is 10.3. The van der Waals surface area contributed by atoms with Gasteiger partial charge in [-0.15, -0.1) is 0 Å². The Bertz CT molecular complexity index is 337. The largest absolute Gasteiger partial charge is 0.385 e. The highest BCUT2D eigenvalue weighted by Crippen LogP contribution is 2.42. The van der Waals surface area contributed by atoms with Crippen molar-refractivity contribution < 1.29 is 9.50 Å². The molecule has 0 spiro atoms. The van der Waals surface area contributed by atoms with Crippen molar-refractivity contribution in [2.45, 2.75) is 31.8 Å². The van der Waals surface area contributed by atoms with Crippen LogP contribution in [-0.2, 0) is 5.60 Å². The van der Waals surface area contributed by atoms with E-state index in [1.165, 1.54) is 6.07 Å². The molecule has 0 bridgehead atoms. The molecule has 1 aromatic rings. The summed E-state index contributed by atoms with van der Waals surface area (Å²) >= 11 is 0. The summed E-state index contributed by atoms with van der Waals surface area (Å²) in [7, 11) is 0. The van der Waals surface area contributed by atoms with Gasteiger partial charge in [-0.3, -0.25) is 0 Å². The van der Waals surface area contributed by atoms with E-state index in [2.05, 4.69) is 6.92 Å². The Morgan fingerprint density at radius 1 is 1.43 bits per heavy atom. The number of hydrogen-bond acceptors (Lipinski definition) is 1. The fourth-order valence-electron chi connectivity index (χ4n) is 2.35. The third-order valence-corrected chi connectivity index (χ3v) is 3.11. The molecule has 76 valence electrons. The number of halogens is 1. The normalized spacial score (nSPS) is 32.1. The zero-order valence-corrected chi connectivity index (χ0v) is 8.33. The van der Waals surface area contributed by atoms with Gasteiger partial charge in [-0.05, 0) is 31.2 Å². The predicted octanol–water partition coefficient (Wildman–Crippen LogP) is 2.83. The first-order valence-corrected chi connectivity index (χ1v) is 5.09. The second-order valence-electron chi connectivity index (χ2n) is 4.36. The summed E-state index contributed by atoms with van der Waals surface area (Å²) in [5.74, 6) is 0.198. The van der Waals surface area contributed by atoms with Gasteiger partial charge in [-0.25, -0.2) is 4.39 Å². The summed E-state index contributed by atoms with van der Waals surface area (Å²) in [6, 6.07) is 6.53. The second-order valence-corrected chi connectivity index (χ2v) is 4.36. The van der Waals surface area contributed by atoms with Crippen molar-refractivity contribution in [1.29, 1.82) is 0 Å². The molecule has 1 aromatic carbocycles. The van der Waals surface area contributed by atoms with E-state index in [-0.39, 0.29) is 5.82 Å². The van der Waals surface area contributed by atoms with Crippen LogP contribution in [0.15, 0.2) is 24.3 Å². The Balaban J connectivity index is 2.35. The van der Waals surface area contributed by atoms with Gasteiger partial charge in [0.1, 0.15) is 5.82 Å². The topological polar surface area (TPSA) is 20.2 Å². The third-order valence-electron chi connectivity index (χ3n) is 3.11. The van der Waals surface area contributed by atoms with E-state index in [0.717, 1.165) is 6.42 Å². The minimum Gasteiger partial charge on any atom is -0.385 e. The Hall–Kier alpha value is -0.890. The van der Waals surface area contributed by atoms with Crippen LogP contribution in [0.2, 0.25) is 0 Å². The molecule has 2 atom stereocenters. The van der Waals surface area contributed by atoms with Gasteiger partial charge in [0.15, 0.2) is 0 Å². The average Bonchev–Trinajstić information content (AvgIpc) is 2.48. The van der Waals surface area contributed by atoms with Gasteiger partial charge in [-0.1, -0.05) is 25.1 Å². The molecule has 0 aromatic heterocycles. The zero-order chi connectivity index (χ0) is 10.2. The molecule has 1 fully saturated rings. The van der Waals surface area contributed by atoms with Crippen LogP contribution in [-0.4, -0.2) is 5.11 Å². The van der Waals surface area contributed by atoms with Crippen molar-refractivity contribution in [3.63, 3.8) is 0 Å². The summed E-state index contributed by atoms with van der Waals surface area (Å²) in [4.78, 5) is 0. The molecule has 0 amide bonds. The number of rotatable bonds is 1. The molecular weight excluding hydrogens is 179 g/mol. The molecule has 14 heavy (non-hydrogen) atoms. The SMILES string of the molecule is C[C@H]1CC[C@](O)(c2ccccc2F)C1. The van der Waals surface area contributed by atoms with Crippen molar-refractivity contribution >= 4 is 0 Å². The molecule has 1 saturated carbocycles. The van der Waals surface area contributed by atoms with Gasteiger partial charge in [0.25, 0.3) is 0 Å². The molecule has 0 heterocycles.